The molecule has 4 nitrogen and oxygen atoms in total. The first-order valence-corrected chi connectivity index (χ1v) is 8.68. The number of hydrogen-bond donors (Lipinski definition) is 1. The van der Waals surface area contributed by atoms with E-state index in [9.17, 15) is 9.59 Å². The summed E-state index contributed by atoms with van der Waals surface area (Å²) in [4.78, 5) is 24.6. The van der Waals surface area contributed by atoms with Crippen LogP contribution in [0.15, 0.2) is 48.5 Å². The fraction of sp³-hybridized carbons (Fsp3) is 0.263. The van der Waals surface area contributed by atoms with Gasteiger partial charge in [0, 0.05) is 15.7 Å². The molecule has 2 rings (SSSR count). The van der Waals surface area contributed by atoms with E-state index in [0.717, 1.165) is 5.56 Å². The SMILES string of the molecule is CC[C@@H](C(=O)O[C@@H](C)C(=O)Nc1cc(Cl)cc(Cl)c1)c1ccccc1. The molecule has 2 aromatic carbocycles. The van der Waals surface area contributed by atoms with E-state index in [0.29, 0.717) is 22.2 Å². The minimum atomic E-state index is -0.942. The van der Waals surface area contributed by atoms with Gasteiger partial charge in [-0.15, -0.1) is 0 Å². The minimum Gasteiger partial charge on any atom is -0.452 e. The fourth-order valence-electron chi connectivity index (χ4n) is 2.40. The highest BCUT2D eigenvalue weighted by Gasteiger charge is 2.25. The van der Waals surface area contributed by atoms with Gasteiger partial charge >= 0.3 is 5.97 Å². The van der Waals surface area contributed by atoms with E-state index in [-0.39, 0.29) is 0 Å². The van der Waals surface area contributed by atoms with Crippen LogP contribution in [0.4, 0.5) is 5.69 Å². The lowest BCUT2D eigenvalue weighted by atomic mass is 9.97. The largest absolute Gasteiger partial charge is 0.452 e. The van der Waals surface area contributed by atoms with Crippen molar-refractivity contribution in [2.45, 2.75) is 32.3 Å². The molecule has 0 saturated carbocycles. The average Bonchev–Trinajstić information content (AvgIpc) is 2.55. The van der Waals surface area contributed by atoms with Gasteiger partial charge in [0.15, 0.2) is 6.10 Å². The molecule has 132 valence electrons. The van der Waals surface area contributed by atoms with Crippen LogP contribution < -0.4 is 5.32 Å². The standard InChI is InChI=1S/C19H19Cl2NO3/c1-3-17(13-7-5-4-6-8-13)19(24)25-12(2)18(23)22-16-10-14(20)9-15(21)11-16/h4-12,17H,3H2,1-2H3,(H,22,23)/t12-,17+/m0/s1. The van der Waals surface area contributed by atoms with Crippen molar-refractivity contribution in [2.24, 2.45) is 0 Å². The molecule has 0 saturated heterocycles. The van der Waals surface area contributed by atoms with E-state index in [1.165, 1.54) is 6.92 Å². The maximum atomic E-state index is 12.4. The number of carbonyl (C=O) groups is 2. The van der Waals surface area contributed by atoms with Gasteiger partial charge in [-0.25, -0.2) is 0 Å². The Labute approximate surface area is 157 Å². The van der Waals surface area contributed by atoms with Crippen LogP contribution in [0.5, 0.6) is 0 Å². The number of amides is 1. The molecule has 0 heterocycles. The van der Waals surface area contributed by atoms with E-state index in [1.807, 2.05) is 37.3 Å². The molecule has 2 atom stereocenters. The molecule has 0 spiro atoms. The smallest absolute Gasteiger partial charge is 0.314 e. The van der Waals surface area contributed by atoms with Gasteiger partial charge in [-0.1, -0.05) is 60.5 Å². The summed E-state index contributed by atoms with van der Waals surface area (Å²) < 4.78 is 5.34. The number of halogens is 2. The zero-order valence-corrected chi connectivity index (χ0v) is 15.5. The van der Waals surface area contributed by atoms with Gasteiger partial charge < -0.3 is 10.1 Å². The Morgan fingerprint density at radius 2 is 1.68 bits per heavy atom. The van der Waals surface area contributed by atoms with Crippen LogP contribution in [0, 0.1) is 0 Å². The van der Waals surface area contributed by atoms with Gasteiger partial charge in [0.1, 0.15) is 0 Å². The van der Waals surface area contributed by atoms with E-state index < -0.39 is 23.9 Å². The number of hydrogen-bond acceptors (Lipinski definition) is 3. The Morgan fingerprint density at radius 1 is 1.08 bits per heavy atom. The Hall–Kier alpha value is -2.04. The third-order valence-electron chi connectivity index (χ3n) is 3.69. The first-order valence-electron chi connectivity index (χ1n) is 7.93. The van der Waals surface area contributed by atoms with Crippen LogP contribution in [0.25, 0.3) is 0 Å². The van der Waals surface area contributed by atoms with Crippen molar-refractivity contribution >= 4 is 40.8 Å². The lowest BCUT2D eigenvalue weighted by Crippen LogP contribution is -2.31. The maximum absolute atomic E-state index is 12.4. The van der Waals surface area contributed by atoms with Gasteiger partial charge in [-0.05, 0) is 37.1 Å². The first kappa shape index (κ1) is 19.3. The third-order valence-corrected chi connectivity index (χ3v) is 4.12. The Bertz CT molecular complexity index is 729. The monoisotopic (exact) mass is 379 g/mol. The summed E-state index contributed by atoms with van der Waals surface area (Å²) >= 11 is 11.8. The zero-order chi connectivity index (χ0) is 18.4. The highest BCUT2D eigenvalue weighted by atomic mass is 35.5. The highest BCUT2D eigenvalue weighted by Crippen LogP contribution is 2.24. The van der Waals surface area contributed by atoms with E-state index in [1.54, 1.807) is 18.2 Å². The van der Waals surface area contributed by atoms with Crippen LogP contribution >= 0.6 is 23.2 Å². The molecule has 0 aliphatic rings. The van der Waals surface area contributed by atoms with E-state index >= 15 is 0 Å². The van der Waals surface area contributed by atoms with Crippen LogP contribution in [0.3, 0.4) is 0 Å². The lowest BCUT2D eigenvalue weighted by Gasteiger charge is -2.18. The average molecular weight is 380 g/mol. The van der Waals surface area contributed by atoms with Crippen LogP contribution in [-0.4, -0.2) is 18.0 Å². The van der Waals surface area contributed by atoms with Gasteiger partial charge in [0.25, 0.3) is 5.91 Å². The summed E-state index contributed by atoms with van der Waals surface area (Å²) in [5, 5.41) is 3.45. The molecule has 0 bridgehead atoms. The van der Waals surface area contributed by atoms with Gasteiger partial charge in [0.05, 0.1) is 5.92 Å². The maximum Gasteiger partial charge on any atom is 0.314 e. The second-order valence-corrected chi connectivity index (χ2v) is 6.47. The molecule has 25 heavy (non-hydrogen) atoms. The summed E-state index contributed by atoms with van der Waals surface area (Å²) in [5.41, 5.74) is 1.31. The molecule has 6 heteroatoms. The van der Waals surface area contributed by atoms with E-state index in [4.69, 9.17) is 27.9 Å². The molecular formula is C19H19Cl2NO3. The van der Waals surface area contributed by atoms with Crippen molar-refractivity contribution in [3.05, 3.63) is 64.1 Å². The fourth-order valence-corrected chi connectivity index (χ4v) is 2.93. The van der Waals surface area contributed by atoms with E-state index in [2.05, 4.69) is 5.32 Å². The lowest BCUT2D eigenvalue weighted by molar-refractivity contribution is -0.154. The molecule has 2 aromatic rings. The van der Waals surface area contributed by atoms with Gasteiger partial charge in [-0.3, -0.25) is 9.59 Å². The normalized spacial score (nSPS) is 13.0. The molecule has 0 radical (unpaired) electrons. The topological polar surface area (TPSA) is 55.4 Å². The number of esters is 1. The number of carbonyl (C=O) groups excluding carboxylic acids is 2. The van der Waals surface area contributed by atoms with Crippen LogP contribution in [-0.2, 0) is 14.3 Å². The summed E-state index contributed by atoms with van der Waals surface area (Å²) in [6.07, 6.45) is -0.357. The predicted octanol–water partition coefficient (Wildman–Crippen LogP) is 5.06. The summed E-state index contributed by atoms with van der Waals surface area (Å²) in [6.45, 7) is 3.43. The molecule has 0 unspecified atom stereocenters. The Kier molecular flexibility index (Phi) is 6.85. The third kappa shape index (κ3) is 5.48. The van der Waals surface area contributed by atoms with Gasteiger partial charge in [0.2, 0.25) is 0 Å². The second-order valence-electron chi connectivity index (χ2n) is 5.60. The summed E-state index contributed by atoms with van der Waals surface area (Å²) in [6, 6.07) is 14.1. The Balaban J connectivity index is 2.01. The van der Waals surface area contributed by atoms with Gasteiger partial charge in [-0.2, -0.15) is 0 Å². The van der Waals surface area contributed by atoms with Crippen molar-refractivity contribution < 1.29 is 14.3 Å². The quantitative estimate of drug-likeness (QED) is 0.713. The van der Waals surface area contributed by atoms with Crippen molar-refractivity contribution in [1.82, 2.24) is 0 Å². The van der Waals surface area contributed by atoms with Crippen molar-refractivity contribution in [1.29, 1.82) is 0 Å². The predicted molar refractivity (Wildman–Crippen MR) is 100 cm³/mol. The molecule has 0 aromatic heterocycles. The van der Waals surface area contributed by atoms with Crippen molar-refractivity contribution in [3.8, 4) is 0 Å². The number of nitrogens with one attached hydrogen (secondary N) is 1. The first-order chi connectivity index (χ1) is 11.9. The van der Waals surface area contributed by atoms with Crippen molar-refractivity contribution in [2.75, 3.05) is 5.32 Å². The van der Waals surface area contributed by atoms with Crippen LogP contribution in [0.2, 0.25) is 10.0 Å². The summed E-state index contributed by atoms with van der Waals surface area (Å²) in [5.74, 6) is -1.29. The molecular weight excluding hydrogens is 361 g/mol. The molecule has 1 amide bonds. The highest BCUT2D eigenvalue weighted by molar-refractivity contribution is 6.35. The second kappa shape index (κ2) is 8.88. The van der Waals surface area contributed by atoms with Crippen LogP contribution in [0.1, 0.15) is 31.7 Å². The number of ether oxygens (including phenoxy) is 1. The molecule has 0 aliphatic heterocycles. The number of anilines is 1. The molecule has 0 aliphatic carbocycles. The summed E-state index contributed by atoms with van der Waals surface area (Å²) in [7, 11) is 0. The Morgan fingerprint density at radius 3 is 2.24 bits per heavy atom. The molecule has 1 N–H and O–H groups in total. The minimum absolute atomic E-state index is 0.405. The molecule has 0 fully saturated rings. The van der Waals surface area contributed by atoms with Crippen molar-refractivity contribution in [3.63, 3.8) is 0 Å². The zero-order valence-electron chi connectivity index (χ0n) is 14.0. The number of benzene rings is 2. The number of rotatable bonds is 6.